The summed E-state index contributed by atoms with van der Waals surface area (Å²) in [5.41, 5.74) is 2.95. The third kappa shape index (κ3) is 5.47. The molecule has 1 fully saturated rings. The fourth-order valence-electron chi connectivity index (χ4n) is 3.61. The number of aryl methyl sites for hydroxylation is 1. The summed E-state index contributed by atoms with van der Waals surface area (Å²) in [6.45, 7) is 5.66. The monoisotopic (exact) mass is 287 g/mol. The predicted molar refractivity (Wildman–Crippen MR) is 92.8 cm³/mol. The molecule has 0 amide bonds. The third-order valence-electron chi connectivity index (χ3n) is 5.01. The Morgan fingerprint density at radius 3 is 2.14 bits per heavy atom. The van der Waals surface area contributed by atoms with E-state index in [1.54, 1.807) is 0 Å². The SMILES string of the molecule is CCCNC(Cc1ccc(CC)cc1)C1CCCCCC1. The van der Waals surface area contributed by atoms with Crippen LogP contribution < -0.4 is 5.32 Å². The van der Waals surface area contributed by atoms with Crippen molar-refractivity contribution in [2.45, 2.75) is 77.7 Å². The summed E-state index contributed by atoms with van der Waals surface area (Å²) in [6.07, 6.45) is 12.2. The molecule has 1 unspecified atom stereocenters. The summed E-state index contributed by atoms with van der Waals surface area (Å²) in [5, 5.41) is 3.84. The van der Waals surface area contributed by atoms with E-state index in [0.717, 1.165) is 18.9 Å². The highest BCUT2D eigenvalue weighted by Gasteiger charge is 2.22. The fraction of sp³-hybridized carbons (Fsp3) is 0.700. The minimum absolute atomic E-state index is 0.676. The van der Waals surface area contributed by atoms with Crippen LogP contribution in [0, 0.1) is 5.92 Å². The van der Waals surface area contributed by atoms with E-state index < -0.39 is 0 Å². The molecule has 1 aliphatic rings. The van der Waals surface area contributed by atoms with Gasteiger partial charge in [0.15, 0.2) is 0 Å². The summed E-state index contributed by atoms with van der Waals surface area (Å²) >= 11 is 0. The van der Waals surface area contributed by atoms with Gasteiger partial charge in [-0.3, -0.25) is 0 Å². The van der Waals surface area contributed by atoms with Crippen molar-refractivity contribution in [3.05, 3.63) is 35.4 Å². The lowest BCUT2D eigenvalue weighted by atomic mass is 9.87. The van der Waals surface area contributed by atoms with Crippen LogP contribution in [0.15, 0.2) is 24.3 Å². The van der Waals surface area contributed by atoms with Crippen LogP contribution in [0.4, 0.5) is 0 Å². The zero-order chi connectivity index (χ0) is 14.9. The number of rotatable bonds is 7. The van der Waals surface area contributed by atoms with Crippen molar-refractivity contribution < 1.29 is 0 Å². The molecule has 1 aliphatic carbocycles. The average Bonchev–Trinajstić information content (AvgIpc) is 2.81. The molecule has 0 aliphatic heterocycles. The molecule has 1 heteroatoms. The maximum Gasteiger partial charge on any atom is 0.0136 e. The van der Waals surface area contributed by atoms with Crippen LogP contribution in [0.25, 0.3) is 0 Å². The van der Waals surface area contributed by atoms with Gasteiger partial charge in [-0.05, 0) is 55.7 Å². The first-order valence-electron chi connectivity index (χ1n) is 9.14. The van der Waals surface area contributed by atoms with E-state index >= 15 is 0 Å². The van der Waals surface area contributed by atoms with Gasteiger partial charge in [0, 0.05) is 6.04 Å². The smallest absolute Gasteiger partial charge is 0.0136 e. The van der Waals surface area contributed by atoms with Gasteiger partial charge in [0.05, 0.1) is 0 Å². The molecule has 1 aromatic rings. The molecule has 0 radical (unpaired) electrons. The van der Waals surface area contributed by atoms with Gasteiger partial charge in [-0.15, -0.1) is 0 Å². The summed E-state index contributed by atoms with van der Waals surface area (Å²) in [6, 6.07) is 9.97. The van der Waals surface area contributed by atoms with Crippen LogP contribution in [-0.4, -0.2) is 12.6 Å². The van der Waals surface area contributed by atoms with Crippen molar-refractivity contribution in [1.82, 2.24) is 5.32 Å². The Hall–Kier alpha value is -0.820. The van der Waals surface area contributed by atoms with Gasteiger partial charge < -0.3 is 5.32 Å². The lowest BCUT2D eigenvalue weighted by Gasteiger charge is -2.27. The number of nitrogens with one attached hydrogen (secondary N) is 1. The maximum atomic E-state index is 3.84. The van der Waals surface area contributed by atoms with Gasteiger partial charge in [0.2, 0.25) is 0 Å². The molecule has 1 nitrogen and oxygen atoms in total. The van der Waals surface area contributed by atoms with Crippen LogP contribution >= 0.6 is 0 Å². The zero-order valence-electron chi connectivity index (χ0n) is 14.0. The maximum absolute atomic E-state index is 3.84. The molecule has 2 rings (SSSR count). The van der Waals surface area contributed by atoms with Crippen molar-refractivity contribution in [3.8, 4) is 0 Å². The van der Waals surface area contributed by atoms with E-state index in [1.807, 2.05) is 0 Å². The van der Waals surface area contributed by atoms with Crippen LogP contribution in [0.5, 0.6) is 0 Å². The molecule has 21 heavy (non-hydrogen) atoms. The van der Waals surface area contributed by atoms with Crippen molar-refractivity contribution in [2.75, 3.05) is 6.54 Å². The van der Waals surface area contributed by atoms with Gasteiger partial charge in [-0.2, -0.15) is 0 Å². The van der Waals surface area contributed by atoms with Gasteiger partial charge in [0.25, 0.3) is 0 Å². The van der Waals surface area contributed by atoms with E-state index in [1.165, 1.54) is 62.5 Å². The number of hydrogen-bond acceptors (Lipinski definition) is 1. The summed E-state index contributed by atoms with van der Waals surface area (Å²) in [4.78, 5) is 0. The standard InChI is InChI=1S/C20H33N/c1-3-15-21-20(19-9-7-5-6-8-10-19)16-18-13-11-17(4-2)12-14-18/h11-14,19-21H,3-10,15-16H2,1-2H3. The topological polar surface area (TPSA) is 12.0 Å². The normalized spacial score (nSPS) is 18.4. The second-order valence-corrected chi connectivity index (χ2v) is 6.69. The van der Waals surface area contributed by atoms with Crippen LogP contribution in [-0.2, 0) is 12.8 Å². The van der Waals surface area contributed by atoms with Gasteiger partial charge in [-0.25, -0.2) is 0 Å². The predicted octanol–water partition coefficient (Wildman–Crippen LogP) is 5.13. The molecule has 0 heterocycles. The van der Waals surface area contributed by atoms with E-state index in [4.69, 9.17) is 0 Å². The van der Waals surface area contributed by atoms with E-state index in [9.17, 15) is 0 Å². The zero-order valence-corrected chi connectivity index (χ0v) is 14.0. The van der Waals surface area contributed by atoms with Crippen LogP contribution in [0.3, 0.4) is 0 Å². The van der Waals surface area contributed by atoms with Gasteiger partial charge >= 0.3 is 0 Å². The lowest BCUT2D eigenvalue weighted by molar-refractivity contribution is 0.317. The van der Waals surface area contributed by atoms with Crippen molar-refractivity contribution in [1.29, 1.82) is 0 Å². The number of hydrogen-bond donors (Lipinski definition) is 1. The first kappa shape index (κ1) is 16.5. The van der Waals surface area contributed by atoms with Gasteiger partial charge in [-0.1, -0.05) is 63.8 Å². The average molecular weight is 287 g/mol. The highest BCUT2D eigenvalue weighted by Crippen LogP contribution is 2.27. The molecule has 1 atom stereocenters. The first-order valence-corrected chi connectivity index (χ1v) is 9.14. The molecular weight excluding hydrogens is 254 g/mol. The van der Waals surface area contributed by atoms with E-state index in [2.05, 4.69) is 43.4 Å². The van der Waals surface area contributed by atoms with Crippen LogP contribution in [0.1, 0.15) is 69.9 Å². The lowest BCUT2D eigenvalue weighted by Crippen LogP contribution is -2.38. The third-order valence-corrected chi connectivity index (χ3v) is 5.01. The Labute approximate surface area is 131 Å². The molecule has 0 spiro atoms. The molecule has 118 valence electrons. The summed E-state index contributed by atoms with van der Waals surface area (Å²) < 4.78 is 0. The van der Waals surface area contributed by atoms with Crippen molar-refractivity contribution in [2.24, 2.45) is 5.92 Å². The second-order valence-electron chi connectivity index (χ2n) is 6.69. The Morgan fingerprint density at radius 1 is 0.952 bits per heavy atom. The second kappa shape index (κ2) is 9.25. The Bertz CT molecular complexity index is 373. The minimum atomic E-state index is 0.676. The molecular formula is C20H33N. The Morgan fingerprint density at radius 2 is 1.57 bits per heavy atom. The van der Waals surface area contributed by atoms with E-state index in [-0.39, 0.29) is 0 Å². The molecule has 0 bridgehead atoms. The Balaban J connectivity index is 1.99. The largest absolute Gasteiger partial charge is 0.313 e. The van der Waals surface area contributed by atoms with Crippen LogP contribution in [0.2, 0.25) is 0 Å². The summed E-state index contributed by atoms with van der Waals surface area (Å²) in [5.74, 6) is 0.880. The highest BCUT2D eigenvalue weighted by atomic mass is 14.9. The molecule has 0 saturated heterocycles. The first-order chi connectivity index (χ1) is 10.3. The van der Waals surface area contributed by atoms with Crippen molar-refractivity contribution >= 4 is 0 Å². The highest BCUT2D eigenvalue weighted by molar-refractivity contribution is 5.23. The molecule has 1 saturated carbocycles. The molecule has 0 aromatic heterocycles. The van der Waals surface area contributed by atoms with Crippen molar-refractivity contribution in [3.63, 3.8) is 0 Å². The molecule has 1 N–H and O–H groups in total. The summed E-state index contributed by atoms with van der Waals surface area (Å²) in [7, 11) is 0. The minimum Gasteiger partial charge on any atom is -0.313 e. The fourth-order valence-corrected chi connectivity index (χ4v) is 3.61. The number of benzene rings is 1. The van der Waals surface area contributed by atoms with Gasteiger partial charge in [0.1, 0.15) is 0 Å². The molecule has 1 aromatic carbocycles. The quantitative estimate of drug-likeness (QED) is 0.685. The van der Waals surface area contributed by atoms with E-state index in [0.29, 0.717) is 6.04 Å². The Kier molecular flexibility index (Phi) is 7.29.